The second kappa shape index (κ2) is 55.9. The maximum atomic E-state index is 11.0. The first-order valence-corrected chi connectivity index (χ1v) is 49.5. The molecule has 0 saturated carbocycles. The molecule has 2 radical (unpaired) electrons. The Morgan fingerprint density at radius 3 is 1.15 bits per heavy atom. The smallest absolute Gasteiger partial charge is 1.00 e. The maximum absolute atomic E-state index is 11.0. The SMILES string of the molecule is BrC(Br)(Br)Br.COc1cc(C(=O)O)ccc1B1OC(C)(C)C(C)(C)O1.COc1cc(C(=O)O)ccc1Br.COc1cc(CBr)ccc1B1OC(C)(C)C(C)(C)O1.COc1cc(CO)ccc1B1OC(C)(C)C(C)(C)O1.COc1cc(COc2ccc3nc(C#N)sc3c2)ccc1B1OC(C)(C)C(C)(C)O1.O=CO[O-].[B]C1CCCO1.[H-].[K+].[K+].c1ccc(P(c2ccccc2)c2ccccc2)cc1. The van der Waals surface area contributed by atoms with E-state index in [-0.39, 0.29) is 165 Å². The third kappa shape index (κ3) is 35.5. The van der Waals surface area contributed by atoms with Crippen LogP contribution in [0.3, 0.4) is 0 Å². The van der Waals surface area contributed by atoms with Crippen LogP contribution in [0.25, 0.3) is 10.2 Å². The summed E-state index contributed by atoms with van der Waals surface area (Å²) in [6, 6.07) is 66.9. The van der Waals surface area contributed by atoms with Gasteiger partial charge in [0.25, 0.3) is 6.47 Å². The number of aromatic carboxylic acids is 2. The van der Waals surface area contributed by atoms with Crippen molar-refractivity contribution in [1.29, 1.82) is 5.26 Å². The number of benzene rings is 9. The molecule has 0 amide bonds. The molecule has 5 fully saturated rings. The number of aliphatic hydroxyl groups is 1. The minimum atomic E-state index is -0.997. The van der Waals surface area contributed by atoms with Gasteiger partial charge in [0.15, 0.2) is 6.06 Å². The molecule has 5 aliphatic rings. The number of carboxylic acids is 2. The van der Waals surface area contributed by atoms with Gasteiger partial charge in [-0.3, -0.25) is 4.79 Å². The molecule has 25 nitrogen and oxygen atoms in total. The molecule has 6 heterocycles. The number of rotatable bonds is 20. The van der Waals surface area contributed by atoms with Crippen molar-refractivity contribution in [2.45, 2.75) is 194 Å². The van der Waals surface area contributed by atoms with E-state index >= 15 is 0 Å². The van der Waals surface area contributed by atoms with Crippen LogP contribution in [0.1, 0.15) is 167 Å². The molecular formula is C96H114B5Br6K2N2O23PS. The van der Waals surface area contributed by atoms with E-state index in [0.717, 1.165) is 84.0 Å². The maximum Gasteiger partial charge on any atom is 1.00 e. The van der Waals surface area contributed by atoms with E-state index in [1.165, 1.54) is 65.7 Å². The molecular weight excluding hydrogens is 2220 g/mol. The molecule has 10 aromatic rings. The Kier molecular flexibility index (Phi) is 50.4. The number of halogens is 6. The van der Waals surface area contributed by atoms with E-state index < -0.39 is 63.6 Å². The summed E-state index contributed by atoms with van der Waals surface area (Å²) >= 11 is 20.5. The fourth-order valence-electron chi connectivity index (χ4n) is 12.8. The first-order valence-electron chi connectivity index (χ1n) is 42.2. The number of alkyl halides is 5. The van der Waals surface area contributed by atoms with Crippen molar-refractivity contribution in [3.63, 3.8) is 0 Å². The van der Waals surface area contributed by atoms with Crippen LogP contribution in [0.2, 0.25) is 0 Å². The normalized spacial score (nSPS) is 16.9. The Morgan fingerprint density at radius 1 is 0.522 bits per heavy atom. The molecule has 136 heavy (non-hydrogen) atoms. The first kappa shape index (κ1) is 123. The summed E-state index contributed by atoms with van der Waals surface area (Å²) in [5.74, 6) is 1.92. The van der Waals surface area contributed by atoms with E-state index in [9.17, 15) is 9.59 Å². The zero-order valence-corrected chi connectivity index (χ0v) is 98.3. The fraction of sp³-hybridized carbons (Fsp3) is 0.385. The Balaban J connectivity index is 0.000000336. The van der Waals surface area contributed by atoms with Crippen molar-refractivity contribution >= 4 is 218 Å². The van der Waals surface area contributed by atoms with E-state index in [1.54, 1.807) is 39.5 Å². The molecule has 15 rings (SSSR count). The van der Waals surface area contributed by atoms with Crippen molar-refractivity contribution in [2.75, 3.05) is 42.2 Å². The Morgan fingerprint density at radius 2 is 0.846 bits per heavy atom. The predicted molar refractivity (Wildman–Crippen MR) is 553 cm³/mol. The summed E-state index contributed by atoms with van der Waals surface area (Å²) in [5, 5.41) is 49.7. The van der Waals surface area contributed by atoms with Crippen molar-refractivity contribution in [3.8, 4) is 40.6 Å². The van der Waals surface area contributed by atoms with Gasteiger partial charge in [0, 0.05) is 39.8 Å². The zero-order chi connectivity index (χ0) is 99.5. The molecule has 1 atom stereocenters. The van der Waals surface area contributed by atoms with Gasteiger partial charge in [-0.25, -0.2) is 14.6 Å². The van der Waals surface area contributed by atoms with Gasteiger partial charge in [-0.05, 0) is 311 Å². The molecule has 5 saturated heterocycles. The van der Waals surface area contributed by atoms with E-state index in [2.05, 4.69) is 209 Å². The summed E-state index contributed by atoms with van der Waals surface area (Å²) in [7, 11) is 10.9. The standard InChI is InChI=1S/C22H23BN2O4S.C18H15P.C14H20BBrO3.C14H19BO5.C14H21BO4.C8H7BrO3.C4H7BO.CBr4.CH2O3.2K.H/c1-21(2)22(3,4)29-23(28-21)16-8-6-14(10-18(16)26-5)13-27-15-7-9-17-19(11-15)30-20(12-24)25-17;1-4-10-16(11-5-1)19(17-12-6-2-7-13-17)18-14-8-3-9-15-18;1-13(2)14(3,4)19-15(18-13)11-7-6-10(9-16)8-12(11)17-5;1-13(2)14(3,4)20-15(19-13)10-7-6-9(12(16)17)8-11(10)18-5;1-13(2)14(3,4)19-15(18-13)11-7-6-10(9-16)8-12(11)17-5;1-12-7-4-5(8(10)11)2-3-6(7)9;5-4-2-1-3-6-4;2-1(3,4)5;2-1-4-3;;;/h6-11H,13H2,1-5H3;1-15H;6-8H,9H2,1-5H3;6-8H,1-5H3,(H,16,17);6-8,16H,9H2,1-5H3;2-4H,1H3,(H,10,11);4H,1-3H2;;1,3H;;;/q;;;;;;;;;2*+1;-1/p-1. The second-order valence-electron chi connectivity index (χ2n) is 34.4. The molecule has 3 N–H and O–H groups in total. The summed E-state index contributed by atoms with van der Waals surface area (Å²) in [6.07, 6.45) is 2.18. The molecule has 40 heteroatoms. The molecule has 0 bridgehead atoms. The monoisotopic (exact) mass is 2330 g/mol. The predicted octanol–water partition coefficient (Wildman–Crippen LogP) is 11.7. The largest absolute Gasteiger partial charge is 1.00 e. The Hall–Kier alpha value is -3.96. The van der Waals surface area contributed by atoms with Gasteiger partial charge in [-0.1, -0.05) is 149 Å². The van der Waals surface area contributed by atoms with Crippen molar-refractivity contribution < 1.29 is 214 Å². The summed E-state index contributed by atoms with van der Waals surface area (Å²) in [6.45, 7) is 33.3. The van der Waals surface area contributed by atoms with E-state index in [1.807, 2.05) is 171 Å². The number of ether oxygens (including phenoxy) is 7. The molecule has 1 aromatic heterocycles. The second-order valence-corrected chi connectivity index (χ2v) is 50.2. The number of fused-ring (bicyclic) bond motifs is 1. The van der Waals surface area contributed by atoms with Crippen LogP contribution >= 0.6 is 115 Å². The van der Waals surface area contributed by atoms with Crippen LogP contribution in [0, 0.1) is 11.3 Å². The van der Waals surface area contributed by atoms with Gasteiger partial charge in [0.1, 0.15) is 55.0 Å². The number of thiazole rings is 1. The first-order chi connectivity index (χ1) is 62.9. The number of carbonyl (C=O) groups is 3. The average molecular weight is 2340 g/mol. The number of nitriles is 1. The van der Waals surface area contributed by atoms with Gasteiger partial charge in [-0.15, -0.1) is 11.3 Å². The van der Waals surface area contributed by atoms with Crippen LogP contribution in [-0.4, -0.2) is 169 Å². The molecule has 9 aromatic carbocycles. The minimum absolute atomic E-state index is 0. The third-order valence-corrected chi connectivity index (χ3v) is 27.7. The van der Waals surface area contributed by atoms with Gasteiger partial charge < -0.3 is 97.3 Å². The average Bonchev–Trinajstić information content (AvgIpc) is 1.63. The Bertz CT molecular complexity index is 5280. The van der Waals surface area contributed by atoms with Crippen molar-refractivity contribution in [2.24, 2.45) is 0 Å². The van der Waals surface area contributed by atoms with Gasteiger partial charge in [0.2, 0.25) is 0 Å². The molecule has 716 valence electrons. The number of methoxy groups -OCH3 is 5. The molecule has 1 unspecified atom stereocenters. The van der Waals surface area contributed by atoms with Crippen LogP contribution in [0.5, 0.6) is 34.5 Å². The van der Waals surface area contributed by atoms with E-state index in [0.29, 0.717) is 40.1 Å². The number of aromatic nitrogens is 1. The minimum Gasteiger partial charge on any atom is -1.00 e. The topological polar surface area (TPSA) is 319 Å². The van der Waals surface area contributed by atoms with Gasteiger partial charge in [0.05, 0.1) is 113 Å². The Labute approximate surface area is 944 Å². The van der Waals surface area contributed by atoms with E-state index in [4.69, 9.17) is 109 Å². The molecule has 0 aliphatic carbocycles. The van der Waals surface area contributed by atoms with Gasteiger partial charge in [-0.2, -0.15) is 5.26 Å². The number of hydrogen-bond acceptors (Lipinski definition) is 24. The molecule has 5 aliphatic heterocycles. The third-order valence-electron chi connectivity index (χ3n) is 23.0. The number of hydrogen-bond donors (Lipinski definition) is 3. The summed E-state index contributed by atoms with van der Waals surface area (Å²) in [5.41, 5.74) is 4.30. The van der Waals surface area contributed by atoms with Gasteiger partial charge >= 0.3 is 143 Å². The summed E-state index contributed by atoms with van der Waals surface area (Å²) < 4.78 is 87.2. The van der Waals surface area contributed by atoms with Crippen LogP contribution < -0.4 is 174 Å². The number of carboxylic acid groups (broad SMARTS) is 2. The number of nitrogens with zero attached hydrogens (tertiary/aromatic N) is 2. The quantitative estimate of drug-likeness (QED) is 0.0159. The number of aliphatic hydroxyl groups excluding tert-OH is 1. The molecule has 0 spiro atoms. The van der Waals surface area contributed by atoms with Crippen LogP contribution in [0.4, 0.5) is 0 Å². The number of carbonyl (C=O) groups excluding carboxylic acids is 1. The zero-order valence-electron chi connectivity index (χ0n) is 81.9. The van der Waals surface area contributed by atoms with Crippen LogP contribution in [0.15, 0.2) is 205 Å². The summed E-state index contributed by atoms with van der Waals surface area (Å²) in [4.78, 5) is 37.0. The van der Waals surface area contributed by atoms with Crippen molar-refractivity contribution in [3.05, 3.63) is 237 Å². The fourth-order valence-corrected chi connectivity index (χ4v) is 16.7. The van der Waals surface area contributed by atoms with Crippen LogP contribution in [-0.2, 0) is 70.2 Å². The van der Waals surface area contributed by atoms with Crippen molar-refractivity contribution in [1.82, 2.24) is 4.98 Å².